The highest BCUT2D eigenvalue weighted by atomic mass is 16.1. The average Bonchev–Trinajstić information content (AvgIpc) is 3.03. The van der Waals surface area contributed by atoms with Crippen molar-refractivity contribution in [3.63, 3.8) is 0 Å². The topological polar surface area (TPSA) is 29.1 Å². The molecule has 2 heteroatoms. The molecular formula is C13H23NO. The third-order valence-corrected chi connectivity index (χ3v) is 3.68. The smallest absolute Gasteiger partial charge is 0.220 e. The summed E-state index contributed by atoms with van der Waals surface area (Å²) in [6, 6.07) is 0.534. The van der Waals surface area contributed by atoms with Gasteiger partial charge in [-0.25, -0.2) is 0 Å². The predicted octanol–water partition coefficient (Wildman–Crippen LogP) is 3.02. The minimum Gasteiger partial charge on any atom is -0.353 e. The highest BCUT2D eigenvalue weighted by Gasteiger charge is 2.23. The van der Waals surface area contributed by atoms with Gasteiger partial charge in [-0.3, -0.25) is 4.79 Å². The van der Waals surface area contributed by atoms with Crippen LogP contribution in [-0.2, 0) is 4.79 Å². The van der Waals surface area contributed by atoms with Gasteiger partial charge in [0, 0.05) is 12.5 Å². The molecule has 0 bridgehead atoms. The van der Waals surface area contributed by atoms with Gasteiger partial charge in [-0.2, -0.15) is 0 Å². The van der Waals surface area contributed by atoms with Gasteiger partial charge in [-0.15, -0.1) is 0 Å². The molecule has 0 aromatic carbocycles. The number of carbonyl (C=O) groups excluding carboxylic acids is 1. The Morgan fingerprint density at radius 2 is 1.80 bits per heavy atom. The first-order valence-corrected chi connectivity index (χ1v) is 6.64. The van der Waals surface area contributed by atoms with Crippen molar-refractivity contribution in [3.8, 4) is 0 Å². The molecule has 0 atom stereocenters. The van der Waals surface area contributed by atoms with Crippen LogP contribution in [0.15, 0.2) is 0 Å². The number of hydrogen-bond donors (Lipinski definition) is 1. The van der Waals surface area contributed by atoms with Crippen molar-refractivity contribution >= 4 is 5.91 Å². The van der Waals surface area contributed by atoms with Gasteiger partial charge in [0.05, 0.1) is 0 Å². The molecule has 0 aliphatic heterocycles. The lowest BCUT2D eigenvalue weighted by molar-refractivity contribution is -0.121. The Kier molecular flexibility index (Phi) is 4.04. The summed E-state index contributed by atoms with van der Waals surface area (Å²) in [5.74, 6) is 1.21. The number of rotatable bonds is 5. The van der Waals surface area contributed by atoms with Crippen LogP contribution in [0.3, 0.4) is 0 Å². The van der Waals surface area contributed by atoms with Crippen molar-refractivity contribution in [2.24, 2.45) is 5.92 Å². The van der Waals surface area contributed by atoms with E-state index in [9.17, 15) is 4.79 Å². The first kappa shape index (κ1) is 11.0. The predicted molar refractivity (Wildman–Crippen MR) is 61.6 cm³/mol. The minimum atomic E-state index is 0.285. The van der Waals surface area contributed by atoms with Gasteiger partial charge in [0.15, 0.2) is 0 Å². The van der Waals surface area contributed by atoms with Crippen molar-refractivity contribution < 1.29 is 4.79 Å². The van der Waals surface area contributed by atoms with Gasteiger partial charge in [0.1, 0.15) is 0 Å². The third kappa shape index (κ3) is 4.23. The van der Waals surface area contributed by atoms with Crippen molar-refractivity contribution in [1.82, 2.24) is 5.32 Å². The summed E-state index contributed by atoms with van der Waals surface area (Å²) in [7, 11) is 0. The fourth-order valence-electron chi connectivity index (χ4n) is 2.55. The SMILES string of the molecule is O=C(CCCC1CCCCC1)NC1CC1. The highest BCUT2D eigenvalue weighted by molar-refractivity contribution is 5.76. The summed E-state index contributed by atoms with van der Waals surface area (Å²) in [6.07, 6.45) is 12.6. The molecule has 15 heavy (non-hydrogen) atoms. The van der Waals surface area contributed by atoms with E-state index < -0.39 is 0 Å². The molecule has 0 aromatic rings. The quantitative estimate of drug-likeness (QED) is 0.741. The lowest BCUT2D eigenvalue weighted by Crippen LogP contribution is -2.25. The average molecular weight is 209 g/mol. The molecule has 1 N–H and O–H groups in total. The second-order valence-electron chi connectivity index (χ2n) is 5.24. The zero-order valence-electron chi connectivity index (χ0n) is 9.63. The summed E-state index contributed by atoms with van der Waals surface area (Å²) in [4.78, 5) is 11.4. The van der Waals surface area contributed by atoms with Gasteiger partial charge < -0.3 is 5.32 Å². The van der Waals surface area contributed by atoms with Gasteiger partial charge in [0.2, 0.25) is 5.91 Å². The number of hydrogen-bond acceptors (Lipinski definition) is 1. The maximum absolute atomic E-state index is 11.4. The zero-order chi connectivity index (χ0) is 10.5. The Labute approximate surface area is 92.8 Å². The van der Waals surface area contributed by atoms with Crippen LogP contribution in [-0.4, -0.2) is 11.9 Å². The van der Waals surface area contributed by atoms with E-state index in [4.69, 9.17) is 0 Å². The molecule has 2 aliphatic rings. The molecule has 2 fully saturated rings. The van der Waals surface area contributed by atoms with Crippen molar-refractivity contribution in [1.29, 1.82) is 0 Å². The third-order valence-electron chi connectivity index (χ3n) is 3.68. The highest BCUT2D eigenvalue weighted by Crippen LogP contribution is 2.27. The molecule has 2 nitrogen and oxygen atoms in total. The van der Waals surface area contributed by atoms with Crippen molar-refractivity contribution in [3.05, 3.63) is 0 Å². The summed E-state index contributed by atoms with van der Waals surface area (Å²) in [6.45, 7) is 0. The molecule has 0 aromatic heterocycles. The van der Waals surface area contributed by atoms with Gasteiger partial charge >= 0.3 is 0 Å². The monoisotopic (exact) mass is 209 g/mol. The maximum Gasteiger partial charge on any atom is 0.220 e. The molecule has 0 unspecified atom stereocenters. The number of amides is 1. The summed E-state index contributed by atoms with van der Waals surface area (Å²) in [5, 5.41) is 3.05. The largest absolute Gasteiger partial charge is 0.353 e. The molecule has 0 radical (unpaired) electrons. The van der Waals surface area contributed by atoms with Crippen LogP contribution >= 0.6 is 0 Å². The minimum absolute atomic E-state index is 0.285. The standard InChI is InChI=1S/C13H23NO/c15-13(14-12-9-10-12)8-4-7-11-5-2-1-3-6-11/h11-12H,1-10H2,(H,14,15). The van der Waals surface area contributed by atoms with E-state index in [1.54, 1.807) is 0 Å². The van der Waals surface area contributed by atoms with E-state index in [2.05, 4.69) is 5.32 Å². The first-order chi connectivity index (χ1) is 7.34. The van der Waals surface area contributed by atoms with Gasteiger partial charge in [-0.1, -0.05) is 32.1 Å². The van der Waals surface area contributed by atoms with Gasteiger partial charge in [0.25, 0.3) is 0 Å². The normalized spacial score (nSPS) is 22.7. The molecule has 0 heterocycles. The second kappa shape index (κ2) is 5.53. The van der Waals surface area contributed by atoms with E-state index in [1.807, 2.05) is 0 Å². The lowest BCUT2D eigenvalue weighted by atomic mass is 9.86. The zero-order valence-corrected chi connectivity index (χ0v) is 9.63. The molecular weight excluding hydrogens is 186 g/mol. The van der Waals surface area contributed by atoms with Crippen LogP contribution < -0.4 is 5.32 Å². The van der Waals surface area contributed by atoms with E-state index in [-0.39, 0.29) is 5.91 Å². The van der Waals surface area contributed by atoms with Crippen molar-refractivity contribution in [2.45, 2.75) is 70.3 Å². The Balaban J connectivity index is 1.51. The Bertz CT molecular complexity index is 205. The second-order valence-corrected chi connectivity index (χ2v) is 5.24. The maximum atomic E-state index is 11.4. The Hall–Kier alpha value is -0.530. The molecule has 86 valence electrons. The summed E-state index contributed by atoms with van der Waals surface area (Å²) in [5.41, 5.74) is 0. The van der Waals surface area contributed by atoms with Crippen LogP contribution in [0.4, 0.5) is 0 Å². The van der Waals surface area contributed by atoms with E-state index in [1.165, 1.54) is 51.4 Å². The molecule has 2 aliphatic carbocycles. The molecule has 0 spiro atoms. The number of nitrogens with one attached hydrogen (secondary N) is 1. The van der Waals surface area contributed by atoms with Crippen LogP contribution in [0.1, 0.15) is 64.2 Å². The van der Waals surface area contributed by atoms with Crippen LogP contribution in [0, 0.1) is 5.92 Å². The molecule has 2 rings (SSSR count). The molecule has 2 saturated carbocycles. The first-order valence-electron chi connectivity index (χ1n) is 6.64. The van der Waals surface area contributed by atoms with Crippen LogP contribution in [0.25, 0.3) is 0 Å². The molecule has 0 saturated heterocycles. The molecule has 1 amide bonds. The Morgan fingerprint density at radius 1 is 1.07 bits per heavy atom. The van der Waals surface area contributed by atoms with E-state index in [0.717, 1.165) is 18.8 Å². The fraction of sp³-hybridized carbons (Fsp3) is 0.923. The van der Waals surface area contributed by atoms with Crippen molar-refractivity contribution in [2.75, 3.05) is 0 Å². The summed E-state index contributed by atoms with van der Waals surface area (Å²) < 4.78 is 0. The number of carbonyl (C=O) groups is 1. The van der Waals surface area contributed by atoms with Crippen LogP contribution in [0.5, 0.6) is 0 Å². The lowest BCUT2D eigenvalue weighted by Gasteiger charge is -2.21. The summed E-state index contributed by atoms with van der Waals surface area (Å²) >= 11 is 0. The van der Waals surface area contributed by atoms with Crippen LogP contribution in [0.2, 0.25) is 0 Å². The van der Waals surface area contributed by atoms with Gasteiger partial charge in [-0.05, 0) is 31.6 Å². The van der Waals surface area contributed by atoms with E-state index >= 15 is 0 Å². The fourth-order valence-corrected chi connectivity index (χ4v) is 2.55. The Morgan fingerprint density at radius 3 is 2.47 bits per heavy atom. The van der Waals surface area contributed by atoms with E-state index in [0.29, 0.717) is 6.04 Å².